The van der Waals surface area contributed by atoms with Gasteiger partial charge in [0.2, 0.25) is 17.8 Å². The van der Waals surface area contributed by atoms with E-state index in [1.807, 2.05) is 17.8 Å². The Morgan fingerprint density at radius 1 is 1.27 bits per heavy atom. The molecule has 0 aliphatic carbocycles. The first-order valence-electron chi connectivity index (χ1n) is 9.02. The zero-order valence-electron chi connectivity index (χ0n) is 15.1. The lowest BCUT2D eigenvalue weighted by atomic mass is 9.86. The predicted molar refractivity (Wildman–Crippen MR) is 93.0 cm³/mol. The van der Waals surface area contributed by atoms with E-state index in [1.54, 1.807) is 22.8 Å². The number of aromatic nitrogens is 5. The van der Waals surface area contributed by atoms with Crippen molar-refractivity contribution in [3.05, 3.63) is 23.8 Å². The molecule has 0 saturated carbocycles. The van der Waals surface area contributed by atoms with Gasteiger partial charge in [-0.15, -0.1) is 5.10 Å². The molecular weight excluding hydrogens is 334 g/mol. The molecule has 2 aromatic heterocycles. The highest BCUT2D eigenvalue weighted by atomic mass is 16.2. The van der Waals surface area contributed by atoms with E-state index < -0.39 is 0 Å². The van der Waals surface area contributed by atoms with Crippen molar-refractivity contribution in [2.45, 2.75) is 44.7 Å². The molecule has 0 unspecified atom stereocenters. The molecule has 4 rings (SSSR count). The normalized spacial score (nSPS) is 23.0. The number of carbonyl (C=O) groups is 2. The van der Waals surface area contributed by atoms with Gasteiger partial charge in [0.15, 0.2) is 0 Å². The molecule has 4 heterocycles. The van der Waals surface area contributed by atoms with Gasteiger partial charge in [0.05, 0.1) is 17.7 Å². The standard InChI is InChI=1S/C17H23N7O2/c1-22-14(25)7-6-11(15(22)12-8-9-18-23(12)2)16(26)20-17-19-13-5-3-4-10-24(13)21-17/h8-9,11,15H,3-7,10H2,1-2H3,(H,20,21,26)/t11-,15-/m0/s1. The van der Waals surface area contributed by atoms with Crippen molar-refractivity contribution in [1.82, 2.24) is 29.4 Å². The molecule has 2 aromatic rings. The zero-order valence-corrected chi connectivity index (χ0v) is 15.1. The third-order valence-corrected chi connectivity index (χ3v) is 5.36. The molecule has 0 spiro atoms. The second-order valence-corrected chi connectivity index (χ2v) is 7.00. The smallest absolute Gasteiger partial charge is 0.248 e. The molecule has 9 heteroatoms. The minimum absolute atomic E-state index is 0.0378. The average molecular weight is 357 g/mol. The molecule has 0 radical (unpaired) electrons. The fourth-order valence-electron chi connectivity index (χ4n) is 3.93. The lowest BCUT2D eigenvalue weighted by molar-refractivity contribution is -0.140. The van der Waals surface area contributed by atoms with Crippen molar-refractivity contribution in [2.24, 2.45) is 13.0 Å². The summed E-state index contributed by atoms with van der Waals surface area (Å²) in [6.07, 6.45) is 5.61. The van der Waals surface area contributed by atoms with Crippen LogP contribution in [0.15, 0.2) is 12.3 Å². The first kappa shape index (κ1) is 16.7. The number of aryl methyl sites for hydroxylation is 3. The van der Waals surface area contributed by atoms with Crippen LogP contribution in [0.1, 0.15) is 43.2 Å². The van der Waals surface area contributed by atoms with Gasteiger partial charge in [0.1, 0.15) is 5.82 Å². The Bertz CT molecular complexity index is 817. The van der Waals surface area contributed by atoms with Gasteiger partial charge in [-0.05, 0) is 25.3 Å². The van der Waals surface area contributed by atoms with Gasteiger partial charge in [0.25, 0.3) is 0 Å². The number of nitrogens with one attached hydrogen (secondary N) is 1. The van der Waals surface area contributed by atoms with E-state index in [1.165, 1.54) is 0 Å². The number of nitrogens with zero attached hydrogens (tertiary/aromatic N) is 6. The molecule has 9 nitrogen and oxygen atoms in total. The Labute approximate surface area is 151 Å². The average Bonchev–Trinajstić information content (AvgIpc) is 3.22. The van der Waals surface area contributed by atoms with Crippen molar-refractivity contribution in [3.63, 3.8) is 0 Å². The van der Waals surface area contributed by atoms with Crippen LogP contribution >= 0.6 is 0 Å². The SMILES string of the molecule is CN1C(=O)CC[C@H](C(=O)Nc2nc3n(n2)CCCC3)[C@H]1c1ccnn1C. The van der Waals surface area contributed by atoms with Gasteiger partial charge in [-0.3, -0.25) is 19.6 Å². The maximum Gasteiger partial charge on any atom is 0.248 e. The summed E-state index contributed by atoms with van der Waals surface area (Å²) >= 11 is 0. The monoisotopic (exact) mass is 357 g/mol. The molecule has 2 aliphatic rings. The van der Waals surface area contributed by atoms with Crippen LogP contribution in [0.3, 0.4) is 0 Å². The van der Waals surface area contributed by atoms with Crippen molar-refractivity contribution in [2.75, 3.05) is 12.4 Å². The Balaban J connectivity index is 1.57. The highest BCUT2D eigenvalue weighted by Crippen LogP contribution is 2.36. The molecular formula is C17H23N7O2. The van der Waals surface area contributed by atoms with Gasteiger partial charge < -0.3 is 4.90 Å². The number of amides is 2. The first-order valence-corrected chi connectivity index (χ1v) is 9.02. The quantitative estimate of drug-likeness (QED) is 0.880. The number of hydrogen-bond donors (Lipinski definition) is 1. The molecule has 26 heavy (non-hydrogen) atoms. The van der Waals surface area contributed by atoms with Crippen molar-refractivity contribution in [3.8, 4) is 0 Å². The second kappa shape index (κ2) is 6.54. The van der Waals surface area contributed by atoms with Crippen LogP contribution in [0.4, 0.5) is 5.95 Å². The number of carbonyl (C=O) groups excluding carboxylic acids is 2. The summed E-state index contributed by atoms with van der Waals surface area (Å²) in [7, 11) is 3.56. The van der Waals surface area contributed by atoms with Crippen LogP contribution in [0.5, 0.6) is 0 Å². The minimum Gasteiger partial charge on any atom is -0.336 e. The predicted octanol–water partition coefficient (Wildman–Crippen LogP) is 0.896. The van der Waals surface area contributed by atoms with Gasteiger partial charge in [0, 0.05) is 39.7 Å². The van der Waals surface area contributed by atoms with Crippen molar-refractivity contribution >= 4 is 17.8 Å². The number of hydrogen-bond acceptors (Lipinski definition) is 5. The van der Waals surface area contributed by atoms with Crippen LogP contribution in [-0.4, -0.2) is 48.3 Å². The van der Waals surface area contributed by atoms with E-state index >= 15 is 0 Å². The van der Waals surface area contributed by atoms with Crippen LogP contribution in [0.2, 0.25) is 0 Å². The summed E-state index contributed by atoms with van der Waals surface area (Å²) in [4.78, 5) is 31.3. The summed E-state index contributed by atoms with van der Waals surface area (Å²) < 4.78 is 3.59. The Hall–Kier alpha value is -2.71. The maximum atomic E-state index is 13.0. The fourth-order valence-corrected chi connectivity index (χ4v) is 3.93. The van der Waals surface area contributed by atoms with Crippen LogP contribution in [0, 0.1) is 5.92 Å². The summed E-state index contributed by atoms with van der Waals surface area (Å²) in [5.74, 6) is 0.795. The summed E-state index contributed by atoms with van der Waals surface area (Å²) in [6.45, 7) is 0.844. The van der Waals surface area contributed by atoms with E-state index in [0.29, 0.717) is 18.8 Å². The van der Waals surface area contributed by atoms with Gasteiger partial charge in [-0.25, -0.2) is 4.68 Å². The number of piperidine rings is 1. The Morgan fingerprint density at radius 2 is 2.12 bits per heavy atom. The van der Waals surface area contributed by atoms with Crippen molar-refractivity contribution < 1.29 is 9.59 Å². The number of fused-ring (bicyclic) bond motifs is 1. The first-order chi connectivity index (χ1) is 12.5. The maximum absolute atomic E-state index is 13.0. The molecule has 0 aromatic carbocycles. The van der Waals surface area contributed by atoms with E-state index in [-0.39, 0.29) is 23.8 Å². The lowest BCUT2D eigenvalue weighted by Gasteiger charge is -2.37. The van der Waals surface area contributed by atoms with Crippen LogP contribution in [0.25, 0.3) is 0 Å². The Morgan fingerprint density at radius 3 is 2.85 bits per heavy atom. The van der Waals surface area contributed by atoms with Gasteiger partial charge in [-0.1, -0.05) is 0 Å². The molecule has 2 amide bonds. The third-order valence-electron chi connectivity index (χ3n) is 5.36. The molecule has 2 aliphatic heterocycles. The highest BCUT2D eigenvalue weighted by Gasteiger charge is 2.40. The van der Waals surface area contributed by atoms with E-state index in [4.69, 9.17) is 0 Å². The molecule has 1 N–H and O–H groups in total. The zero-order chi connectivity index (χ0) is 18.3. The number of rotatable bonds is 3. The second-order valence-electron chi connectivity index (χ2n) is 7.00. The van der Waals surface area contributed by atoms with E-state index in [0.717, 1.165) is 37.3 Å². The molecule has 1 fully saturated rings. The van der Waals surface area contributed by atoms with Gasteiger partial charge in [-0.2, -0.15) is 10.1 Å². The summed E-state index contributed by atoms with van der Waals surface area (Å²) in [6, 6.07) is 1.51. The summed E-state index contributed by atoms with van der Waals surface area (Å²) in [5, 5.41) is 11.5. The topological polar surface area (TPSA) is 97.9 Å². The molecule has 0 bridgehead atoms. The van der Waals surface area contributed by atoms with Crippen LogP contribution < -0.4 is 5.32 Å². The van der Waals surface area contributed by atoms with Crippen LogP contribution in [-0.2, 0) is 29.6 Å². The fraction of sp³-hybridized carbons (Fsp3) is 0.588. The number of anilines is 1. The molecule has 1 saturated heterocycles. The minimum atomic E-state index is -0.367. The van der Waals surface area contributed by atoms with Crippen molar-refractivity contribution in [1.29, 1.82) is 0 Å². The number of likely N-dealkylation sites (tertiary alicyclic amines) is 1. The Kier molecular flexibility index (Phi) is 4.21. The third kappa shape index (κ3) is 2.87. The van der Waals surface area contributed by atoms with E-state index in [9.17, 15) is 9.59 Å². The highest BCUT2D eigenvalue weighted by molar-refractivity contribution is 5.93. The van der Waals surface area contributed by atoms with Gasteiger partial charge >= 0.3 is 0 Å². The lowest BCUT2D eigenvalue weighted by Crippen LogP contribution is -2.45. The molecule has 138 valence electrons. The summed E-state index contributed by atoms with van der Waals surface area (Å²) in [5.41, 5.74) is 0.845. The largest absolute Gasteiger partial charge is 0.336 e. The molecule has 2 atom stereocenters. The van der Waals surface area contributed by atoms with E-state index in [2.05, 4.69) is 20.5 Å².